The molecule has 0 fully saturated rings. The zero-order valence-electron chi connectivity index (χ0n) is 8.62. The second-order valence-electron chi connectivity index (χ2n) is 3.28. The van der Waals surface area contributed by atoms with Crippen molar-refractivity contribution in [2.75, 3.05) is 0 Å². The van der Waals surface area contributed by atoms with E-state index in [0.717, 1.165) is 31.1 Å². The highest BCUT2D eigenvalue weighted by Gasteiger charge is 2.19. The van der Waals surface area contributed by atoms with Gasteiger partial charge in [0, 0.05) is 5.41 Å². The lowest BCUT2D eigenvalue weighted by atomic mass is 10.1. The highest BCUT2D eigenvalue weighted by Crippen LogP contribution is 2.15. The molecule has 0 unspecified atom stereocenters. The summed E-state index contributed by atoms with van der Waals surface area (Å²) in [6.07, 6.45) is 4.71. The Morgan fingerprint density at radius 1 is 1.31 bits per heavy atom. The van der Waals surface area contributed by atoms with Crippen LogP contribution in [0.5, 0.6) is 0 Å². The fraction of sp³-hybridized carbons (Fsp3) is 0.800. The van der Waals surface area contributed by atoms with Crippen LogP contribution in [-0.2, 0) is 9.84 Å². The van der Waals surface area contributed by atoms with Gasteiger partial charge in [0.2, 0.25) is 0 Å². The summed E-state index contributed by atoms with van der Waals surface area (Å²) in [5.74, 6) is 0. The van der Waals surface area contributed by atoms with E-state index in [1.807, 2.05) is 6.92 Å². The predicted octanol–water partition coefficient (Wildman–Crippen LogP) is 2.90. The lowest BCUT2D eigenvalue weighted by Gasteiger charge is -2.12. The Morgan fingerprint density at radius 3 is 2.31 bits per heavy atom. The molecule has 3 heteroatoms. The van der Waals surface area contributed by atoms with Gasteiger partial charge in [-0.25, -0.2) is 8.42 Å². The fourth-order valence-electron chi connectivity index (χ4n) is 1.36. The third kappa shape index (κ3) is 4.46. The molecule has 0 aliphatic rings. The summed E-state index contributed by atoms with van der Waals surface area (Å²) >= 11 is 0. The second kappa shape index (κ2) is 6.19. The quantitative estimate of drug-likeness (QED) is 0.597. The summed E-state index contributed by atoms with van der Waals surface area (Å²) in [6, 6.07) is 0. The van der Waals surface area contributed by atoms with Gasteiger partial charge in [-0.1, -0.05) is 39.7 Å². The number of unbranched alkanes of at least 4 members (excludes halogenated alkanes) is 2. The molecule has 0 aliphatic heterocycles. The standard InChI is InChI=1S/C10H20O2S/c1-4-7-8-9-10(5-2)13(11,12)6-3/h6,10H,3-5,7-9H2,1-2H3/t10-/m1/s1. The number of hydrogen-bond donors (Lipinski definition) is 0. The molecule has 0 bridgehead atoms. The van der Waals surface area contributed by atoms with Crippen LogP contribution >= 0.6 is 0 Å². The molecular formula is C10H20O2S. The summed E-state index contributed by atoms with van der Waals surface area (Å²) in [4.78, 5) is 0. The molecule has 78 valence electrons. The Labute approximate surface area is 82.0 Å². The molecule has 0 heterocycles. The van der Waals surface area contributed by atoms with Crippen LogP contribution in [0.15, 0.2) is 12.0 Å². The molecule has 0 saturated carbocycles. The highest BCUT2D eigenvalue weighted by molar-refractivity contribution is 7.94. The minimum absolute atomic E-state index is 0.212. The van der Waals surface area contributed by atoms with Gasteiger partial charge in [0.1, 0.15) is 0 Å². The average molecular weight is 204 g/mol. The largest absolute Gasteiger partial charge is 0.224 e. The molecule has 0 spiro atoms. The number of rotatable bonds is 7. The molecule has 13 heavy (non-hydrogen) atoms. The van der Waals surface area contributed by atoms with Crippen molar-refractivity contribution < 1.29 is 8.42 Å². The summed E-state index contributed by atoms with van der Waals surface area (Å²) < 4.78 is 22.8. The zero-order chi connectivity index (χ0) is 10.3. The lowest BCUT2D eigenvalue weighted by molar-refractivity contribution is 0.560. The SMILES string of the molecule is C=CS(=O)(=O)[C@H](CC)CCCCC. The molecule has 0 aromatic rings. The van der Waals surface area contributed by atoms with Gasteiger partial charge in [-0.05, 0) is 12.8 Å². The van der Waals surface area contributed by atoms with Crippen LogP contribution < -0.4 is 0 Å². The van der Waals surface area contributed by atoms with Crippen LogP contribution in [0.4, 0.5) is 0 Å². The Morgan fingerprint density at radius 2 is 1.92 bits per heavy atom. The van der Waals surface area contributed by atoms with Gasteiger partial charge in [0.25, 0.3) is 0 Å². The van der Waals surface area contributed by atoms with Crippen molar-refractivity contribution in [3.8, 4) is 0 Å². The first-order valence-corrected chi connectivity index (χ1v) is 6.55. The average Bonchev–Trinajstić information content (AvgIpc) is 2.12. The van der Waals surface area contributed by atoms with Crippen molar-refractivity contribution in [3.05, 3.63) is 12.0 Å². The van der Waals surface area contributed by atoms with Crippen molar-refractivity contribution in [2.24, 2.45) is 0 Å². The van der Waals surface area contributed by atoms with Crippen molar-refractivity contribution in [1.82, 2.24) is 0 Å². The highest BCUT2D eigenvalue weighted by atomic mass is 32.2. The maximum absolute atomic E-state index is 11.4. The van der Waals surface area contributed by atoms with E-state index in [2.05, 4.69) is 13.5 Å². The van der Waals surface area contributed by atoms with Crippen molar-refractivity contribution in [3.63, 3.8) is 0 Å². The molecule has 0 saturated heterocycles. The maximum atomic E-state index is 11.4. The molecule has 1 atom stereocenters. The maximum Gasteiger partial charge on any atom is 0.173 e. The van der Waals surface area contributed by atoms with Gasteiger partial charge in [-0.3, -0.25) is 0 Å². The van der Waals surface area contributed by atoms with E-state index in [4.69, 9.17) is 0 Å². The van der Waals surface area contributed by atoms with E-state index in [-0.39, 0.29) is 5.25 Å². The zero-order valence-corrected chi connectivity index (χ0v) is 9.44. The van der Waals surface area contributed by atoms with Gasteiger partial charge in [0.05, 0.1) is 5.25 Å². The van der Waals surface area contributed by atoms with Gasteiger partial charge in [0.15, 0.2) is 9.84 Å². The van der Waals surface area contributed by atoms with E-state index in [1.54, 1.807) is 0 Å². The Hall–Kier alpha value is -0.310. The Kier molecular flexibility index (Phi) is 6.04. The van der Waals surface area contributed by atoms with Gasteiger partial charge in [-0.15, -0.1) is 0 Å². The molecule has 0 amide bonds. The summed E-state index contributed by atoms with van der Waals surface area (Å²) in [6.45, 7) is 7.37. The summed E-state index contributed by atoms with van der Waals surface area (Å²) in [5, 5.41) is 0.879. The van der Waals surface area contributed by atoms with Gasteiger partial charge in [-0.2, -0.15) is 0 Å². The van der Waals surface area contributed by atoms with Crippen LogP contribution in [0.2, 0.25) is 0 Å². The van der Waals surface area contributed by atoms with Crippen LogP contribution in [0.1, 0.15) is 46.0 Å². The first-order valence-electron chi connectivity index (χ1n) is 4.94. The van der Waals surface area contributed by atoms with E-state index < -0.39 is 9.84 Å². The van der Waals surface area contributed by atoms with Crippen molar-refractivity contribution >= 4 is 9.84 Å². The normalized spacial score (nSPS) is 14.0. The topological polar surface area (TPSA) is 34.1 Å². The van der Waals surface area contributed by atoms with Crippen LogP contribution in [0, 0.1) is 0 Å². The first-order chi connectivity index (χ1) is 6.08. The van der Waals surface area contributed by atoms with E-state index in [1.165, 1.54) is 0 Å². The minimum atomic E-state index is -3.03. The molecule has 0 aromatic carbocycles. The van der Waals surface area contributed by atoms with E-state index >= 15 is 0 Å². The molecule has 0 aliphatic carbocycles. The minimum Gasteiger partial charge on any atom is -0.224 e. The van der Waals surface area contributed by atoms with Gasteiger partial charge < -0.3 is 0 Å². The molecule has 0 N–H and O–H groups in total. The number of sulfone groups is 1. The van der Waals surface area contributed by atoms with Gasteiger partial charge >= 0.3 is 0 Å². The van der Waals surface area contributed by atoms with Crippen molar-refractivity contribution in [1.29, 1.82) is 0 Å². The third-order valence-corrected chi connectivity index (χ3v) is 4.24. The van der Waals surface area contributed by atoms with Crippen LogP contribution in [-0.4, -0.2) is 13.7 Å². The predicted molar refractivity (Wildman–Crippen MR) is 57.3 cm³/mol. The monoisotopic (exact) mass is 204 g/mol. The fourth-order valence-corrected chi connectivity index (χ4v) is 2.59. The lowest BCUT2D eigenvalue weighted by Crippen LogP contribution is -2.17. The van der Waals surface area contributed by atoms with Crippen LogP contribution in [0.25, 0.3) is 0 Å². The van der Waals surface area contributed by atoms with E-state index in [0.29, 0.717) is 6.42 Å². The van der Waals surface area contributed by atoms with Crippen molar-refractivity contribution in [2.45, 2.75) is 51.2 Å². The summed E-state index contributed by atoms with van der Waals surface area (Å²) in [5.41, 5.74) is 0. The Balaban J connectivity index is 4.11. The first kappa shape index (κ1) is 12.7. The van der Waals surface area contributed by atoms with Crippen LogP contribution in [0.3, 0.4) is 0 Å². The number of hydrogen-bond acceptors (Lipinski definition) is 2. The molecule has 2 nitrogen and oxygen atoms in total. The third-order valence-electron chi connectivity index (χ3n) is 2.28. The molecule has 0 radical (unpaired) electrons. The molecular weight excluding hydrogens is 184 g/mol. The smallest absolute Gasteiger partial charge is 0.173 e. The second-order valence-corrected chi connectivity index (χ2v) is 5.46. The molecule has 0 aromatic heterocycles. The summed E-state index contributed by atoms with van der Waals surface area (Å²) in [7, 11) is -3.03. The Bertz CT molecular complexity index is 229. The van der Waals surface area contributed by atoms with E-state index in [9.17, 15) is 8.42 Å². The molecule has 0 rings (SSSR count).